The Labute approximate surface area is 94.4 Å². The molecule has 0 amide bonds. The fourth-order valence-corrected chi connectivity index (χ4v) is 2.03. The Morgan fingerprint density at radius 2 is 1.50 bits per heavy atom. The van der Waals surface area contributed by atoms with E-state index in [2.05, 4.69) is 46.9 Å². The lowest BCUT2D eigenvalue weighted by molar-refractivity contribution is 0.385. The second-order valence-corrected chi connectivity index (χ2v) is 7.46. The van der Waals surface area contributed by atoms with Crippen LogP contribution >= 0.6 is 11.8 Å². The first kappa shape index (κ1) is 14.3. The molecule has 0 rings (SSSR count). The molecular formula is C12H27NS. The Bertz CT molecular complexity index is 123. The molecule has 2 heteroatoms. The summed E-state index contributed by atoms with van der Waals surface area (Å²) >= 11 is 2.05. The smallest absolute Gasteiger partial charge is 0.00583 e. The van der Waals surface area contributed by atoms with E-state index in [1.165, 1.54) is 11.5 Å². The van der Waals surface area contributed by atoms with Crippen molar-refractivity contribution in [2.75, 3.05) is 24.6 Å². The third-order valence-electron chi connectivity index (χ3n) is 1.61. The highest BCUT2D eigenvalue weighted by atomic mass is 32.2. The Morgan fingerprint density at radius 1 is 0.929 bits per heavy atom. The van der Waals surface area contributed by atoms with Crippen molar-refractivity contribution in [3.8, 4) is 0 Å². The van der Waals surface area contributed by atoms with E-state index in [0.717, 1.165) is 13.1 Å². The molecular weight excluding hydrogens is 190 g/mol. The molecule has 0 spiro atoms. The molecule has 0 aromatic carbocycles. The normalized spacial score (nSPS) is 13.3. The van der Waals surface area contributed by atoms with Crippen LogP contribution in [0.3, 0.4) is 0 Å². The minimum Gasteiger partial charge on any atom is -0.315 e. The van der Waals surface area contributed by atoms with Gasteiger partial charge in [0.25, 0.3) is 0 Å². The maximum atomic E-state index is 3.49. The molecule has 0 saturated carbocycles. The van der Waals surface area contributed by atoms with Gasteiger partial charge < -0.3 is 5.32 Å². The molecule has 0 fully saturated rings. The SMILES string of the molecule is CC(C)(C)CNCCSCC(C)(C)C. The van der Waals surface area contributed by atoms with Gasteiger partial charge in [0.15, 0.2) is 0 Å². The van der Waals surface area contributed by atoms with Gasteiger partial charge in [-0.2, -0.15) is 11.8 Å². The first-order valence-electron chi connectivity index (χ1n) is 5.49. The Kier molecular flexibility index (Phi) is 6.15. The predicted octanol–water partition coefficient (Wildman–Crippen LogP) is 3.40. The van der Waals surface area contributed by atoms with Crippen molar-refractivity contribution in [3.05, 3.63) is 0 Å². The van der Waals surface area contributed by atoms with Crippen molar-refractivity contribution in [1.82, 2.24) is 5.32 Å². The number of nitrogens with one attached hydrogen (secondary N) is 1. The molecule has 0 aromatic rings. The first-order chi connectivity index (χ1) is 6.21. The maximum Gasteiger partial charge on any atom is 0.00583 e. The molecule has 1 nitrogen and oxygen atoms in total. The predicted molar refractivity (Wildman–Crippen MR) is 69.1 cm³/mol. The van der Waals surface area contributed by atoms with Gasteiger partial charge in [-0.3, -0.25) is 0 Å². The van der Waals surface area contributed by atoms with E-state index in [1.54, 1.807) is 0 Å². The highest BCUT2D eigenvalue weighted by Crippen LogP contribution is 2.19. The third kappa shape index (κ3) is 12.3. The van der Waals surface area contributed by atoms with Crippen LogP contribution in [0.1, 0.15) is 41.5 Å². The monoisotopic (exact) mass is 217 g/mol. The molecule has 0 atom stereocenters. The summed E-state index contributed by atoms with van der Waals surface area (Å²) < 4.78 is 0. The summed E-state index contributed by atoms with van der Waals surface area (Å²) in [6.45, 7) is 15.9. The number of thioether (sulfide) groups is 1. The van der Waals surface area contributed by atoms with Gasteiger partial charge in [-0.25, -0.2) is 0 Å². The van der Waals surface area contributed by atoms with Crippen LogP contribution in [0.5, 0.6) is 0 Å². The molecule has 0 unspecified atom stereocenters. The molecule has 0 radical (unpaired) electrons. The van der Waals surface area contributed by atoms with E-state index in [4.69, 9.17) is 0 Å². The lowest BCUT2D eigenvalue weighted by Gasteiger charge is -2.20. The van der Waals surface area contributed by atoms with E-state index in [0.29, 0.717) is 10.8 Å². The number of hydrogen-bond acceptors (Lipinski definition) is 2. The zero-order chi connectivity index (χ0) is 11.2. The summed E-state index contributed by atoms with van der Waals surface area (Å²) in [4.78, 5) is 0. The van der Waals surface area contributed by atoms with Gasteiger partial charge in [0.05, 0.1) is 0 Å². The van der Waals surface area contributed by atoms with Gasteiger partial charge in [-0.05, 0) is 16.6 Å². The van der Waals surface area contributed by atoms with E-state index < -0.39 is 0 Å². The van der Waals surface area contributed by atoms with Crippen LogP contribution in [0.2, 0.25) is 0 Å². The van der Waals surface area contributed by atoms with Crippen molar-refractivity contribution in [2.24, 2.45) is 10.8 Å². The van der Waals surface area contributed by atoms with Gasteiger partial charge in [0.2, 0.25) is 0 Å². The zero-order valence-electron chi connectivity index (χ0n) is 10.7. The van der Waals surface area contributed by atoms with Gasteiger partial charge >= 0.3 is 0 Å². The largest absolute Gasteiger partial charge is 0.315 e. The molecule has 0 aliphatic rings. The molecule has 0 aromatic heterocycles. The van der Waals surface area contributed by atoms with Crippen LogP contribution in [0.25, 0.3) is 0 Å². The lowest BCUT2D eigenvalue weighted by atomic mass is 9.97. The molecule has 0 aliphatic carbocycles. The van der Waals surface area contributed by atoms with E-state index in [1.807, 2.05) is 11.8 Å². The highest BCUT2D eigenvalue weighted by Gasteiger charge is 2.10. The second kappa shape index (κ2) is 6.02. The van der Waals surface area contributed by atoms with Crippen LogP contribution in [0, 0.1) is 10.8 Å². The number of rotatable bonds is 5. The topological polar surface area (TPSA) is 12.0 Å². The molecule has 14 heavy (non-hydrogen) atoms. The van der Waals surface area contributed by atoms with Gasteiger partial charge in [-0.15, -0.1) is 0 Å². The fraction of sp³-hybridized carbons (Fsp3) is 1.00. The third-order valence-corrected chi connectivity index (χ3v) is 3.18. The van der Waals surface area contributed by atoms with Crippen molar-refractivity contribution in [3.63, 3.8) is 0 Å². The summed E-state index contributed by atoms with van der Waals surface area (Å²) in [7, 11) is 0. The van der Waals surface area contributed by atoms with Crippen LogP contribution in [-0.2, 0) is 0 Å². The molecule has 1 N–H and O–H groups in total. The summed E-state index contributed by atoms with van der Waals surface area (Å²) in [5.41, 5.74) is 0.878. The molecule has 0 heterocycles. The maximum absolute atomic E-state index is 3.49. The molecule has 0 bridgehead atoms. The average molecular weight is 217 g/mol. The van der Waals surface area contributed by atoms with Crippen molar-refractivity contribution in [2.45, 2.75) is 41.5 Å². The van der Waals surface area contributed by atoms with Crippen molar-refractivity contribution in [1.29, 1.82) is 0 Å². The van der Waals surface area contributed by atoms with Gasteiger partial charge in [0, 0.05) is 18.8 Å². The Hall–Kier alpha value is 0.310. The fourth-order valence-electron chi connectivity index (χ4n) is 0.986. The Balaban J connectivity index is 3.23. The number of hydrogen-bond donors (Lipinski definition) is 1. The van der Waals surface area contributed by atoms with Crippen molar-refractivity contribution >= 4 is 11.8 Å². The second-order valence-electron chi connectivity index (χ2n) is 6.35. The molecule has 0 saturated heterocycles. The molecule has 86 valence electrons. The minimum absolute atomic E-state index is 0.411. The van der Waals surface area contributed by atoms with E-state index >= 15 is 0 Å². The standard InChI is InChI=1S/C12H27NS/c1-11(2,3)9-13-7-8-14-10-12(4,5)6/h13H,7-10H2,1-6H3. The summed E-state index contributed by atoms with van der Waals surface area (Å²) in [6.07, 6.45) is 0. The first-order valence-corrected chi connectivity index (χ1v) is 6.65. The highest BCUT2D eigenvalue weighted by molar-refractivity contribution is 7.99. The summed E-state index contributed by atoms with van der Waals surface area (Å²) in [6, 6.07) is 0. The van der Waals surface area contributed by atoms with Crippen LogP contribution in [-0.4, -0.2) is 24.6 Å². The van der Waals surface area contributed by atoms with Gasteiger partial charge in [-0.1, -0.05) is 41.5 Å². The minimum atomic E-state index is 0.411. The summed E-state index contributed by atoms with van der Waals surface area (Å²) in [5, 5.41) is 3.49. The van der Waals surface area contributed by atoms with Crippen LogP contribution < -0.4 is 5.32 Å². The van der Waals surface area contributed by atoms with Crippen molar-refractivity contribution < 1.29 is 0 Å². The van der Waals surface area contributed by atoms with Gasteiger partial charge in [0.1, 0.15) is 0 Å². The summed E-state index contributed by atoms with van der Waals surface area (Å²) in [5.74, 6) is 2.48. The average Bonchev–Trinajstić information content (AvgIpc) is 1.92. The molecule has 0 aliphatic heterocycles. The van der Waals surface area contributed by atoms with E-state index in [-0.39, 0.29) is 0 Å². The van der Waals surface area contributed by atoms with E-state index in [9.17, 15) is 0 Å². The quantitative estimate of drug-likeness (QED) is 0.708. The Morgan fingerprint density at radius 3 is 1.93 bits per heavy atom. The zero-order valence-corrected chi connectivity index (χ0v) is 11.6. The van der Waals surface area contributed by atoms with Crippen LogP contribution in [0.4, 0.5) is 0 Å². The lowest BCUT2D eigenvalue weighted by Crippen LogP contribution is -2.28. The van der Waals surface area contributed by atoms with Crippen LogP contribution in [0.15, 0.2) is 0 Å².